The average Bonchev–Trinajstić information content (AvgIpc) is 3.09. The van der Waals surface area contributed by atoms with Crippen molar-refractivity contribution in [2.24, 2.45) is 0 Å². The van der Waals surface area contributed by atoms with Crippen LogP contribution in [0.4, 0.5) is 10.6 Å². The third-order valence-corrected chi connectivity index (χ3v) is 3.79. The summed E-state index contributed by atoms with van der Waals surface area (Å²) in [5.74, 6) is 0.477. The summed E-state index contributed by atoms with van der Waals surface area (Å²) in [6.45, 7) is 2.09. The Labute approximate surface area is 133 Å². The average molecular weight is 314 g/mol. The molecular formula is C16H18N4O3. The molecule has 7 heteroatoms. The summed E-state index contributed by atoms with van der Waals surface area (Å²) in [5, 5.41) is 6.30. The fourth-order valence-corrected chi connectivity index (χ4v) is 2.51. The predicted octanol–water partition coefficient (Wildman–Crippen LogP) is 1.59. The van der Waals surface area contributed by atoms with Crippen molar-refractivity contribution in [3.05, 3.63) is 48.2 Å². The van der Waals surface area contributed by atoms with Crippen LogP contribution in [0.2, 0.25) is 0 Å². The van der Waals surface area contributed by atoms with E-state index >= 15 is 0 Å². The van der Waals surface area contributed by atoms with Crippen molar-refractivity contribution in [3.63, 3.8) is 0 Å². The van der Waals surface area contributed by atoms with Crippen molar-refractivity contribution >= 4 is 17.8 Å². The first-order valence-corrected chi connectivity index (χ1v) is 7.50. The minimum absolute atomic E-state index is 0.0905. The van der Waals surface area contributed by atoms with Gasteiger partial charge in [0.2, 0.25) is 5.91 Å². The summed E-state index contributed by atoms with van der Waals surface area (Å²) in [6.07, 6.45) is 1.79. The van der Waals surface area contributed by atoms with Crippen LogP contribution in [0.25, 0.3) is 0 Å². The van der Waals surface area contributed by atoms with Gasteiger partial charge in [-0.05, 0) is 5.56 Å². The third kappa shape index (κ3) is 3.88. The van der Waals surface area contributed by atoms with Gasteiger partial charge in [-0.15, -0.1) is 0 Å². The number of aromatic nitrogens is 1. The van der Waals surface area contributed by atoms with E-state index in [-0.39, 0.29) is 11.9 Å². The number of carbonyl (C=O) groups is 2. The Morgan fingerprint density at radius 3 is 2.39 bits per heavy atom. The molecule has 0 atom stereocenters. The fraction of sp³-hybridized carbons (Fsp3) is 0.312. The maximum Gasteiger partial charge on any atom is 0.323 e. The van der Waals surface area contributed by atoms with Crippen LogP contribution < -0.4 is 5.32 Å². The van der Waals surface area contributed by atoms with Crippen molar-refractivity contribution in [3.8, 4) is 0 Å². The highest BCUT2D eigenvalue weighted by Crippen LogP contribution is 2.09. The zero-order valence-electron chi connectivity index (χ0n) is 12.6. The smallest absolute Gasteiger partial charge is 0.323 e. The second-order valence-corrected chi connectivity index (χ2v) is 5.35. The lowest BCUT2D eigenvalue weighted by Gasteiger charge is -2.34. The molecule has 0 bridgehead atoms. The molecule has 2 heterocycles. The van der Waals surface area contributed by atoms with Gasteiger partial charge in [0.15, 0.2) is 5.82 Å². The Morgan fingerprint density at radius 2 is 1.74 bits per heavy atom. The normalized spacial score (nSPS) is 14.6. The molecule has 1 N–H and O–H groups in total. The topological polar surface area (TPSA) is 78.7 Å². The molecule has 0 saturated carbocycles. The molecule has 2 aromatic rings. The van der Waals surface area contributed by atoms with Gasteiger partial charge in [0.1, 0.15) is 6.26 Å². The van der Waals surface area contributed by atoms with E-state index in [1.807, 2.05) is 30.3 Å². The summed E-state index contributed by atoms with van der Waals surface area (Å²) in [5.41, 5.74) is 1.00. The molecule has 1 aliphatic heterocycles. The van der Waals surface area contributed by atoms with Crippen LogP contribution in [0, 0.1) is 0 Å². The number of nitrogens with zero attached hydrogens (tertiary/aromatic N) is 3. The summed E-state index contributed by atoms with van der Waals surface area (Å²) in [6, 6.07) is 11.0. The summed E-state index contributed by atoms with van der Waals surface area (Å²) >= 11 is 0. The summed E-state index contributed by atoms with van der Waals surface area (Å²) < 4.78 is 4.67. The zero-order valence-corrected chi connectivity index (χ0v) is 12.6. The molecule has 23 heavy (non-hydrogen) atoms. The Kier molecular flexibility index (Phi) is 4.56. The van der Waals surface area contributed by atoms with Crippen LogP contribution in [0.15, 0.2) is 47.2 Å². The largest absolute Gasteiger partial charge is 0.363 e. The van der Waals surface area contributed by atoms with Gasteiger partial charge in [-0.3, -0.25) is 10.1 Å². The molecule has 120 valence electrons. The molecule has 1 aromatic carbocycles. The van der Waals surface area contributed by atoms with Crippen molar-refractivity contribution in [1.29, 1.82) is 0 Å². The molecule has 3 amide bonds. The second kappa shape index (κ2) is 6.95. The first kappa shape index (κ1) is 15.1. The highest BCUT2D eigenvalue weighted by Gasteiger charge is 2.24. The Bertz CT molecular complexity index is 649. The number of benzene rings is 1. The lowest BCUT2D eigenvalue weighted by atomic mass is 10.1. The molecule has 1 saturated heterocycles. The Balaban J connectivity index is 1.48. The number of hydrogen-bond acceptors (Lipinski definition) is 4. The van der Waals surface area contributed by atoms with E-state index < -0.39 is 0 Å². The predicted molar refractivity (Wildman–Crippen MR) is 83.8 cm³/mol. The molecular weight excluding hydrogens is 296 g/mol. The zero-order chi connectivity index (χ0) is 16.1. The monoisotopic (exact) mass is 314 g/mol. The minimum Gasteiger partial charge on any atom is -0.363 e. The van der Waals surface area contributed by atoms with Crippen molar-refractivity contribution < 1.29 is 14.1 Å². The molecule has 1 aliphatic rings. The molecule has 0 unspecified atom stereocenters. The van der Waals surface area contributed by atoms with Crippen molar-refractivity contribution in [1.82, 2.24) is 15.0 Å². The summed E-state index contributed by atoms with van der Waals surface area (Å²) in [4.78, 5) is 27.8. The third-order valence-electron chi connectivity index (χ3n) is 3.79. The number of nitrogens with one attached hydrogen (secondary N) is 1. The molecule has 1 fully saturated rings. The van der Waals surface area contributed by atoms with Gasteiger partial charge in [0.05, 0.1) is 6.42 Å². The van der Waals surface area contributed by atoms with Crippen LogP contribution in [-0.4, -0.2) is 53.1 Å². The van der Waals surface area contributed by atoms with E-state index in [0.29, 0.717) is 38.4 Å². The van der Waals surface area contributed by atoms with E-state index in [1.54, 1.807) is 15.9 Å². The van der Waals surface area contributed by atoms with Gasteiger partial charge in [-0.1, -0.05) is 35.5 Å². The number of piperazine rings is 1. The van der Waals surface area contributed by atoms with Gasteiger partial charge in [-0.25, -0.2) is 4.79 Å². The first-order valence-electron chi connectivity index (χ1n) is 7.50. The molecule has 1 aromatic heterocycles. The highest BCUT2D eigenvalue weighted by atomic mass is 16.5. The maximum absolute atomic E-state index is 12.3. The van der Waals surface area contributed by atoms with Crippen molar-refractivity contribution in [2.45, 2.75) is 6.42 Å². The Morgan fingerprint density at radius 1 is 1.04 bits per heavy atom. The molecule has 0 radical (unpaired) electrons. The molecule has 0 aliphatic carbocycles. The number of carbonyl (C=O) groups excluding carboxylic acids is 2. The highest BCUT2D eigenvalue weighted by molar-refractivity contribution is 5.88. The lowest BCUT2D eigenvalue weighted by Crippen LogP contribution is -2.52. The van der Waals surface area contributed by atoms with E-state index in [0.717, 1.165) is 5.56 Å². The van der Waals surface area contributed by atoms with Gasteiger partial charge in [0, 0.05) is 32.2 Å². The standard InChI is InChI=1S/C16H18N4O3/c21-15(12-13-4-2-1-3-5-13)19-7-9-20(10-8-19)16(22)17-14-6-11-23-18-14/h1-6,11H,7-10,12H2,(H,17,18,22). The van der Waals surface area contributed by atoms with E-state index in [9.17, 15) is 9.59 Å². The molecule has 7 nitrogen and oxygen atoms in total. The number of urea groups is 1. The van der Waals surface area contributed by atoms with Crippen LogP contribution in [0.1, 0.15) is 5.56 Å². The lowest BCUT2D eigenvalue weighted by molar-refractivity contribution is -0.131. The number of rotatable bonds is 3. The van der Waals surface area contributed by atoms with Gasteiger partial charge >= 0.3 is 6.03 Å². The quantitative estimate of drug-likeness (QED) is 0.933. The minimum atomic E-state index is -0.228. The van der Waals surface area contributed by atoms with E-state index in [2.05, 4.69) is 15.0 Å². The number of hydrogen-bond donors (Lipinski definition) is 1. The number of anilines is 1. The molecule has 3 rings (SSSR count). The van der Waals surface area contributed by atoms with E-state index in [1.165, 1.54) is 6.26 Å². The SMILES string of the molecule is O=C(Cc1ccccc1)N1CCN(C(=O)Nc2ccon2)CC1. The van der Waals surface area contributed by atoms with E-state index in [4.69, 9.17) is 0 Å². The van der Waals surface area contributed by atoms with Crippen molar-refractivity contribution in [2.75, 3.05) is 31.5 Å². The van der Waals surface area contributed by atoms with Gasteiger partial charge < -0.3 is 14.3 Å². The van der Waals surface area contributed by atoms with Gasteiger partial charge in [-0.2, -0.15) is 0 Å². The number of amides is 3. The summed E-state index contributed by atoms with van der Waals surface area (Å²) in [7, 11) is 0. The molecule has 0 spiro atoms. The van der Waals surface area contributed by atoms with Crippen LogP contribution in [0.3, 0.4) is 0 Å². The van der Waals surface area contributed by atoms with Crippen LogP contribution >= 0.6 is 0 Å². The maximum atomic E-state index is 12.3. The Hall–Kier alpha value is -2.83. The van der Waals surface area contributed by atoms with Crippen LogP contribution in [-0.2, 0) is 11.2 Å². The first-order chi connectivity index (χ1) is 11.2. The fourth-order valence-electron chi connectivity index (χ4n) is 2.51. The van der Waals surface area contributed by atoms with Crippen LogP contribution in [0.5, 0.6) is 0 Å². The van der Waals surface area contributed by atoms with Gasteiger partial charge in [0.25, 0.3) is 0 Å². The second-order valence-electron chi connectivity index (χ2n) is 5.35.